The van der Waals surface area contributed by atoms with Crippen molar-refractivity contribution in [2.24, 2.45) is 0 Å². The van der Waals surface area contributed by atoms with Gasteiger partial charge in [0.1, 0.15) is 5.82 Å². The number of nitrogens with one attached hydrogen (secondary N) is 2. The first-order valence-electron chi connectivity index (χ1n) is 9.58. The first-order chi connectivity index (χ1) is 13.0. The molecule has 0 aliphatic carbocycles. The van der Waals surface area contributed by atoms with E-state index in [0.29, 0.717) is 5.92 Å². The second-order valence-corrected chi connectivity index (χ2v) is 8.12. The van der Waals surface area contributed by atoms with Crippen LogP contribution in [-0.4, -0.2) is 33.1 Å². The van der Waals surface area contributed by atoms with Crippen LogP contribution in [-0.2, 0) is 0 Å². The Hall–Kier alpha value is -2.40. The topological polar surface area (TPSA) is 44.0 Å². The number of nitrogens with zero attached hydrogens (tertiary/aromatic N) is 2. The van der Waals surface area contributed by atoms with Crippen LogP contribution in [0.5, 0.6) is 0 Å². The number of imidazole rings is 1. The summed E-state index contributed by atoms with van der Waals surface area (Å²) in [5.74, 6) is 1.46. The van der Waals surface area contributed by atoms with Gasteiger partial charge in [0.25, 0.3) is 0 Å². The summed E-state index contributed by atoms with van der Waals surface area (Å²) in [4.78, 5) is 10.6. The quantitative estimate of drug-likeness (QED) is 0.612. The lowest BCUT2D eigenvalue weighted by molar-refractivity contribution is 0.307. The number of aryl methyl sites for hydroxylation is 3. The average molecular weight is 379 g/mol. The predicted octanol–water partition coefficient (Wildman–Crippen LogP) is 5.06. The normalized spacial score (nSPS) is 17.3. The number of H-pyrrole nitrogens is 1. The van der Waals surface area contributed by atoms with Crippen molar-refractivity contribution >= 4 is 34.1 Å². The van der Waals surface area contributed by atoms with Crippen molar-refractivity contribution in [2.45, 2.75) is 39.5 Å². The zero-order valence-corrected chi connectivity index (χ0v) is 17.0. The van der Waals surface area contributed by atoms with Crippen molar-refractivity contribution in [2.75, 3.05) is 18.4 Å². The summed E-state index contributed by atoms with van der Waals surface area (Å²) in [6, 6.07) is 12.8. The Balaban J connectivity index is 1.48. The van der Waals surface area contributed by atoms with Crippen molar-refractivity contribution < 1.29 is 0 Å². The molecule has 0 saturated carbocycles. The van der Waals surface area contributed by atoms with E-state index in [0.717, 1.165) is 53.6 Å². The number of benzene rings is 2. The fourth-order valence-electron chi connectivity index (χ4n) is 3.97. The molecule has 1 saturated heterocycles. The number of aromatic amines is 1. The highest BCUT2D eigenvalue weighted by Gasteiger charge is 2.25. The van der Waals surface area contributed by atoms with Gasteiger partial charge in [-0.1, -0.05) is 12.1 Å². The maximum Gasteiger partial charge on any atom is 0.173 e. The number of likely N-dealkylation sites (tertiary alicyclic amines) is 1. The van der Waals surface area contributed by atoms with Gasteiger partial charge >= 0.3 is 0 Å². The lowest BCUT2D eigenvalue weighted by Crippen LogP contribution is -2.41. The summed E-state index contributed by atoms with van der Waals surface area (Å²) in [5, 5.41) is 4.23. The van der Waals surface area contributed by atoms with Crippen LogP contribution in [0.2, 0.25) is 0 Å². The number of hydrogen-bond acceptors (Lipinski definition) is 2. The highest BCUT2D eigenvalue weighted by atomic mass is 32.1. The number of piperidine rings is 1. The van der Waals surface area contributed by atoms with Crippen LogP contribution in [0.25, 0.3) is 11.0 Å². The molecule has 1 aromatic heterocycles. The van der Waals surface area contributed by atoms with Crippen LogP contribution in [0.1, 0.15) is 41.3 Å². The number of aromatic nitrogens is 2. The molecule has 2 aromatic carbocycles. The largest absolute Gasteiger partial charge is 0.348 e. The Morgan fingerprint density at radius 3 is 2.67 bits per heavy atom. The van der Waals surface area contributed by atoms with E-state index >= 15 is 0 Å². The highest BCUT2D eigenvalue weighted by Crippen LogP contribution is 2.27. The van der Waals surface area contributed by atoms with E-state index in [2.05, 4.69) is 72.4 Å². The molecule has 0 bridgehead atoms. The molecule has 1 aliphatic heterocycles. The third kappa shape index (κ3) is 3.98. The molecule has 5 heteroatoms. The van der Waals surface area contributed by atoms with E-state index in [1.165, 1.54) is 16.7 Å². The third-order valence-corrected chi connectivity index (χ3v) is 5.58. The third-order valence-electron chi connectivity index (χ3n) is 5.22. The van der Waals surface area contributed by atoms with Crippen LogP contribution in [0.15, 0.2) is 36.4 Å². The summed E-state index contributed by atoms with van der Waals surface area (Å²) >= 11 is 5.71. The van der Waals surface area contributed by atoms with E-state index in [4.69, 9.17) is 17.2 Å². The minimum atomic E-state index is 0.380. The molecule has 2 N–H and O–H groups in total. The van der Waals surface area contributed by atoms with Crippen molar-refractivity contribution in [1.29, 1.82) is 0 Å². The Morgan fingerprint density at radius 1 is 1.11 bits per heavy atom. The molecule has 27 heavy (non-hydrogen) atoms. The van der Waals surface area contributed by atoms with E-state index in [1.807, 2.05) is 0 Å². The van der Waals surface area contributed by atoms with Gasteiger partial charge in [-0.3, -0.25) is 0 Å². The fraction of sp³-hybridized carbons (Fsp3) is 0.364. The molecule has 0 spiro atoms. The van der Waals surface area contributed by atoms with Gasteiger partial charge in [0.15, 0.2) is 5.11 Å². The molecule has 1 aliphatic rings. The maximum atomic E-state index is 5.71. The summed E-state index contributed by atoms with van der Waals surface area (Å²) < 4.78 is 0. The SMILES string of the molecule is Cc1cc(C)cc(NC(=S)N2CCC[C@H](c3nc4ccc(C)cc4[nH]3)C2)c1. The van der Waals surface area contributed by atoms with E-state index < -0.39 is 0 Å². The Bertz CT molecular complexity index is 971. The second-order valence-electron chi connectivity index (χ2n) is 7.73. The second kappa shape index (κ2) is 7.31. The van der Waals surface area contributed by atoms with E-state index in [9.17, 15) is 0 Å². The van der Waals surface area contributed by atoms with Gasteiger partial charge in [0, 0.05) is 24.7 Å². The van der Waals surface area contributed by atoms with Crippen molar-refractivity contribution in [3.8, 4) is 0 Å². The molecule has 0 unspecified atom stereocenters. The standard InChI is InChI=1S/C22H26N4S/c1-14-6-7-19-20(12-14)25-21(24-19)17-5-4-8-26(13-17)22(27)23-18-10-15(2)9-16(3)11-18/h6-7,9-12,17H,4-5,8,13H2,1-3H3,(H,23,27)(H,24,25)/t17-/m0/s1. The molecule has 2 heterocycles. The maximum absolute atomic E-state index is 5.71. The minimum absolute atomic E-state index is 0.380. The first-order valence-corrected chi connectivity index (χ1v) is 9.99. The van der Waals surface area contributed by atoms with Crippen molar-refractivity contribution in [3.63, 3.8) is 0 Å². The van der Waals surface area contributed by atoms with Gasteiger partial charge in [-0.15, -0.1) is 0 Å². The minimum Gasteiger partial charge on any atom is -0.348 e. The van der Waals surface area contributed by atoms with Crippen LogP contribution >= 0.6 is 12.2 Å². The van der Waals surface area contributed by atoms with Gasteiger partial charge in [-0.05, 0) is 86.8 Å². The monoisotopic (exact) mass is 378 g/mol. The Labute approximate surface area is 166 Å². The number of rotatable bonds is 2. The van der Waals surface area contributed by atoms with Gasteiger partial charge < -0.3 is 15.2 Å². The van der Waals surface area contributed by atoms with Crippen LogP contribution in [0.4, 0.5) is 5.69 Å². The average Bonchev–Trinajstić information content (AvgIpc) is 3.04. The van der Waals surface area contributed by atoms with Crippen LogP contribution < -0.4 is 5.32 Å². The number of hydrogen-bond donors (Lipinski definition) is 2. The zero-order valence-electron chi connectivity index (χ0n) is 16.2. The lowest BCUT2D eigenvalue weighted by atomic mass is 9.98. The molecule has 4 rings (SSSR count). The van der Waals surface area contributed by atoms with Crippen LogP contribution in [0, 0.1) is 20.8 Å². The van der Waals surface area contributed by atoms with Crippen molar-refractivity contribution in [3.05, 3.63) is 58.9 Å². The Kier molecular flexibility index (Phi) is 4.87. The van der Waals surface area contributed by atoms with E-state index in [-0.39, 0.29) is 0 Å². The number of fused-ring (bicyclic) bond motifs is 1. The van der Waals surface area contributed by atoms with E-state index in [1.54, 1.807) is 0 Å². The molecule has 140 valence electrons. The summed E-state index contributed by atoms with van der Waals surface area (Å²) in [7, 11) is 0. The molecule has 3 aromatic rings. The summed E-state index contributed by atoms with van der Waals surface area (Å²) in [5.41, 5.74) is 6.98. The highest BCUT2D eigenvalue weighted by molar-refractivity contribution is 7.80. The lowest BCUT2D eigenvalue weighted by Gasteiger charge is -2.34. The molecule has 0 radical (unpaired) electrons. The smallest absolute Gasteiger partial charge is 0.173 e. The fourth-order valence-corrected chi connectivity index (χ4v) is 4.25. The predicted molar refractivity (Wildman–Crippen MR) is 117 cm³/mol. The Morgan fingerprint density at radius 2 is 1.89 bits per heavy atom. The van der Waals surface area contributed by atoms with Gasteiger partial charge in [-0.25, -0.2) is 4.98 Å². The zero-order chi connectivity index (χ0) is 19.0. The van der Waals surface area contributed by atoms with Gasteiger partial charge in [-0.2, -0.15) is 0 Å². The summed E-state index contributed by atoms with van der Waals surface area (Å²) in [6.45, 7) is 8.23. The first kappa shape index (κ1) is 18.0. The molecular formula is C22H26N4S. The van der Waals surface area contributed by atoms with Gasteiger partial charge in [0.05, 0.1) is 11.0 Å². The van der Waals surface area contributed by atoms with Crippen molar-refractivity contribution in [1.82, 2.24) is 14.9 Å². The molecule has 1 fully saturated rings. The molecule has 1 atom stereocenters. The molecular weight excluding hydrogens is 352 g/mol. The number of thiocarbonyl (C=S) groups is 1. The molecule has 4 nitrogen and oxygen atoms in total. The van der Waals surface area contributed by atoms with Gasteiger partial charge in [0.2, 0.25) is 0 Å². The number of anilines is 1. The molecule has 0 amide bonds. The summed E-state index contributed by atoms with van der Waals surface area (Å²) in [6.07, 6.45) is 2.26. The van der Waals surface area contributed by atoms with Crippen LogP contribution in [0.3, 0.4) is 0 Å².